The van der Waals surface area contributed by atoms with Gasteiger partial charge >= 0.3 is 0 Å². The molecule has 1 aliphatic rings. The molecule has 1 aromatic carbocycles. The van der Waals surface area contributed by atoms with Crippen LogP contribution in [0.25, 0.3) is 0 Å². The Balaban J connectivity index is 1.72. The molecule has 24 heavy (non-hydrogen) atoms. The van der Waals surface area contributed by atoms with E-state index in [0.717, 1.165) is 6.54 Å². The van der Waals surface area contributed by atoms with Crippen LogP contribution in [0, 0.1) is 6.92 Å². The first-order chi connectivity index (χ1) is 11.4. The van der Waals surface area contributed by atoms with E-state index in [1.54, 1.807) is 24.3 Å². The molecule has 2 aromatic rings. The SMILES string of the molecule is Cc1cc(S(=O)(=O)N2CCN(Cc3ccsc3)CC2)c(Cl)cc1Cl. The second-order valence-corrected chi connectivity index (χ2v) is 9.34. The van der Waals surface area contributed by atoms with Gasteiger partial charge in [0.15, 0.2) is 0 Å². The van der Waals surface area contributed by atoms with E-state index in [2.05, 4.69) is 21.7 Å². The van der Waals surface area contributed by atoms with E-state index in [4.69, 9.17) is 23.2 Å². The zero-order valence-corrected chi connectivity index (χ0v) is 16.4. The van der Waals surface area contributed by atoms with E-state index in [0.29, 0.717) is 36.8 Å². The Kier molecular flexibility index (Phi) is 5.54. The average molecular weight is 405 g/mol. The van der Waals surface area contributed by atoms with Gasteiger partial charge in [-0.3, -0.25) is 4.90 Å². The summed E-state index contributed by atoms with van der Waals surface area (Å²) in [5.41, 5.74) is 1.98. The maximum absolute atomic E-state index is 12.9. The maximum atomic E-state index is 12.9. The number of hydrogen-bond acceptors (Lipinski definition) is 4. The summed E-state index contributed by atoms with van der Waals surface area (Å²) in [6, 6.07) is 5.15. The number of rotatable bonds is 4. The molecular formula is C16H18Cl2N2O2S2. The minimum Gasteiger partial charge on any atom is -0.296 e. The number of aryl methyl sites for hydroxylation is 1. The highest BCUT2D eigenvalue weighted by molar-refractivity contribution is 7.89. The highest BCUT2D eigenvalue weighted by atomic mass is 35.5. The number of piperazine rings is 1. The van der Waals surface area contributed by atoms with E-state index >= 15 is 0 Å². The summed E-state index contributed by atoms with van der Waals surface area (Å²) in [5.74, 6) is 0. The largest absolute Gasteiger partial charge is 0.296 e. The van der Waals surface area contributed by atoms with Gasteiger partial charge in [-0.2, -0.15) is 15.6 Å². The molecule has 1 aromatic heterocycles. The summed E-state index contributed by atoms with van der Waals surface area (Å²) >= 11 is 13.8. The van der Waals surface area contributed by atoms with E-state index in [9.17, 15) is 8.42 Å². The van der Waals surface area contributed by atoms with Crippen LogP contribution in [0.1, 0.15) is 11.1 Å². The molecule has 0 spiro atoms. The average Bonchev–Trinajstić information content (AvgIpc) is 3.04. The zero-order valence-electron chi connectivity index (χ0n) is 13.2. The van der Waals surface area contributed by atoms with Crippen molar-refractivity contribution in [3.05, 3.63) is 50.1 Å². The lowest BCUT2D eigenvalue weighted by atomic mass is 10.2. The first-order valence-electron chi connectivity index (χ1n) is 7.57. The first kappa shape index (κ1) is 18.2. The van der Waals surface area contributed by atoms with Crippen LogP contribution < -0.4 is 0 Å². The summed E-state index contributed by atoms with van der Waals surface area (Å²) in [6.45, 7) is 4.97. The van der Waals surface area contributed by atoms with E-state index in [1.165, 1.54) is 15.9 Å². The molecule has 3 rings (SSSR count). The smallest absolute Gasteiger partial charge is 0.244 e. The Morgan fingerprint density at radius 1 is 1.12 bits per heavy atom. The predicted octanol–water partition coefficient (Wildman–Crippen LogP) is 3.87. The molecule has 0 unspecified atom stereocenters. The maximum Gasteiger partial charge on any atom is 0.244 e. The third kappa shape index (κ3) is 3.79. The Morgan fingerprint density at radius 3 is 2.46 bits per heavy atom. The Morgan fingerprint density at radius 2 is 1.83 bits per heavy atom. The third-order valence-corrected chi connectivity index (χ3v) is 7.65. The Hall–Kier alpha value is -0.630. The Bertz CT molecular complexity index is 815. The van der Waals surface area contributed by atoms with E-state index in [1.807, 2.05) is 0 Å². The van der Waals surface area contributed by atoms with Gasteiger partial charge in [0.1, 0.15) is 4.90 Å². The molecule has 4 nitrogen and oxygen atoms in total. The number of nitrogens with zero attached hydrogens (tertiary/aromatic N) is 2. The van der Waals surface area contributed by atoms with Crippen molar-refractivity contribution in [3.8, 4) is 0 Å². The first-order valence-corrected chi connectivity index (χ1v) is 10.7. The molecule has 130 valence electrons. The number of sulfonamides is 1. The Labute approximate surface area is 156 Å². The van der Waals surface area contributed by atoms with Crippen molar-refractivity contribution in [1.29, 1.82) is 0 Å². The molecule has 0 atom stereocenters. The minimum absolute atomic E-state index is 0.136. The molecule has 1 aliphatic heterocycles. The van der Waals surface area contributed by atoms with Gasteiger partial charge in [0, 0.05) is 37.7 Å². The normalized spacial score (nSPS) is 17.3. The van der Waals surface area contributed by atoms with Crippen LogP contribution >= 0.6 is 34.5 Å². The van der Waals surface area contributed by atoms with Crippen molar-refractivity contribution in [2.24, 2.45) is 0 Å². The number of thiophene rings is 1. The molecule has 2 heterocycles. The van der Waals surface area contributed by atoms with Crippen LogP contribution in [0.5, 0.6) is 0 Å². The van der Waals surface area contributed by atoms with Gasteiger partial charge in [0.25, 0.3) is 0 Å². The monoisotopic (exact) mass is 404 g/mol. The summed E-state index contributed by atoms with van der Waals surface area (Å²) < 4.78 is 27.3. The zero-order chi connectivity index (χ0) is 17.3. The summed E-state index contributed by atoms with van der Waals surface area (Å²) in [7, 11) is -3.60. The second-order valence-electron chi connectivity index (χ2n) is 5.84. The molecule has 0 saturated carbocycles. The summed E-state index contributed by atoms with van der Waals surface area (Å²) in [6.07, 6.45) is 0. The van der Waals surface area contributed by atoms with E-state index in [-0.39, 0.29) is 9.92 Å². The van der Waals surface area contributed by atoms with Crippen LogP contribution in [0.3, 0.4) is 0 Å². The van der Waals surface area contributed by atoms with Crippen molar-refractivity contribution < 1.29 is 8.42 Å². The van der Waals surface area contributed by atoms with Gasteiger partial charge in [0.2, 0.25) is 10.0 Å². The highest BCUT2D eigenvalue weighted by Crippen LogP contribution is 2.30. The lowest BCUT2D eigenvalue weighted by Gasteiger charge is -2.34. The molecule has 0 aliphatic carbocycles. The summed E-state index contributed by atoms with van der Waals surface area (Å²) in [4.78, 5) is 2.40. The standard InChI is InChI=1S/C16H18Cl2N2O2S2/c1-12-8-16(15(18)9-14(12)17)24(21,22)20-5-3-19(4-6-20)10-13-2-7-23-11-13/h2,7-9,11H,3-6,10H2,1H3. The quantitative estimate of drug-likeness (QED) is 0.776. The summed E-state index contributed by atoms with van der Waals surface area (Å²) in [5, 5.41) is 4.83. The fourth-order valence-corrected chi connectivity index (χ4v) is 5.63. The fraction of sp³-hybridized carbons (Fsp3) is 0.375. The van der Waals surface area contributed by atoms with Crippen molar-refractivity contribution in [2.75, 3.05) is 26.2 Å². The highest BCUT2D eigenvalue weighted by Gasteiger charge is 2.30. The fourth-order valence-electron chi connectivity index (χ4n) is 2.74. The number of halogens is 2. The predicted molar refractivity (Wildman–Crippen MR) is 99.6 cm³/mol. The van der Waals surface area contributed by atoms with Crippen LogP contribution in [-0.2, 0) is 16.6 Å². The lowest BCUT2D eigenvalue weighted by Crippen LogP contribution is -2.48. The molecule has 0 N–H and O–H groups in total. The van der Waals surface area contributed by atoms with Gasteiger partial charge in [-0.1, -0.05) is 23.2 Å². The van der Waals surface area contributed by atoms with Crippen molar-refractivity contribution in [2.45, 2.75) is 18.4 Å². The van der Waals surface area contributed by atoms with Crippen LogP contribution in [-0.4, -0.2) is 43.8 Å². The second kappa shape index (κ2) is 7.32. The van der Waals surface area contributed by atoms with Crippen LogP contribution in [0.4, 0.5) is 0 Å². The minimum atomic E-state index is -3.60. The van der Waals surface area contributed by atoms with Crippen molar-refractivity contribution in [3.63, 3.8) is 0 Å². The van der Waals surface area contributed by atoms with Crippen molar-refractivity contribution >= 4 is 44.6 Å². The number of hydrogen-bond donors (Lipinski definition) is 0. The van der Waals surface area contributed by atoms with Crippen LogP contribution in [0.15, 0.2) is 33.9 Å². The molecule has 1 fully saturated rings. The lowest BCUT2D eigenvalue weighted by molar-refractivity contribution is 0.182. The topological polar surface area (TPSA) is 40.6 Å². The van der Waals surface area contributed by atoms with Gasteiger partial charge < -0.3 is 0 Å². The molecule has 1 saturated heterocycles. The van der Waals surface area contributed by atoms with Crippen molar-refractivity contribution in [1.82, 2.24) is 9.21 Å². The third-order valence-electron chi connectivity index (χ3n) is 4.15. The number of benzene rings is 1. The molecule has 0 bridgehead atoms. The van der Waals surface area contributed by atoms with Gasteiger partial charge in [-0.25, -0.2) is 8.42 Å². The van der Waals surface area contributed by atoms with Gasteiger partial charge in [-0.15, -0.1) is 0 Å². The van der Waals surface area contributed by atoms with E-state index < -0.39 is 10.0 Å². The molecule has 8 heteroatoms. The molecule has 0 radical (unpaired) electrons. The molecule has 0 amide bonds. The van der Waals surface area contributed by atoms with Gasteiger partial charge in [0.05, 0.1) is 5.02 Å². The molecular weight excluding hydrogens is 387 g/mol. The van der Waals surface area contributed by atoms with Crippen LogP contribution in [0.2, 0.25) is 10.0 Å². The van der Waals surface area contributed by atoms with Gasteiger partial charge in [-0.05, 0) is 47.0 Å².